The van der Waals surface area contributed by atoms with Gasteiger partial charge in [0.2, 0.25) is 0 Å². The summed E-state index contributed by atoms with van der Waals surface area (Å²) in [6.45, 7) is 1.93. The molecule has 0 amide bonds. The standard InChI is InChI=1S/C16H25NO2/c1-19-11-4-2-3-10-17-16-7-5-6-13-12-14(18)8-9-15(13)16/h8-9,12,16-18H,2-7,10-11H2,1H3. The van der Waals surface area contributed by atoms with Crippen LogP contribution >= 0.6 is 0 Å². The molecule has 0 saturated carbocycles. The average molecular weight is 263 g/mol. The molecule has 0 fully saturated rings. The molecular formula is C16H25NO2. The number of phenols is 1. The fraction of sp³-hybridized carbons (Fsp3) is 0.625. The van der Waals surface area contributed by atoms with Crippen LogP contribution in [-0.2, 0) is 11.2 Å². The Morgan fingerprint density at radius 1 is 1.32 bits per heavy atom. The van der Waals surface area contributed by atoms with Gasteiger partial charge in [-0.15, -0.1) is 0 Å². The number of hydrogen-bond donors (Lipinski definition) is 2. The molecule has 0 heterocycles. The minimum Gasteiger partial charge on any atom is -0.508 e. The predicted octanol–water partition coefficient (Wildman–Crippen LogP) is 3.18. The van der Waals surface area contributed by atoms with E-state index in [1.165, 1.54) is 36.8 Å². The minimum atomic E-state index is 0.388. The van der Waals surface area contributed by atoms with Gasteiger partial charge in [-0.1, -0.05) is 6.07 Å². The highest BCUT2D eigenvalue weighted by atomic mass is 16.5. The molecule has 1 aromatic carbocycles. The van der Waals surface area contributed by atoms with Crippen molar-refractivity contribution in [2.24, 2.45) is 0 Å². The molecule has 1 atom stereocenters. The summed E-state index contributed by atoms with van der Waals surface area (Å²) in [5, 5.41) is 13.2. The summed E-state index contributed by atoms with van der Waals surface area (Å²) >= 11 is 0. The van der Waals surface area contributed by atoms with Crippen LogP contribution in [0.4, 0.5) is 0 Å². The van der Waals surface area contributed by atoms with E-state index in [2.05, 4.69) is 11.4 Å². The third-order valence-corrected chi connectivity index (χ3v) is 3.86. The van der Waals surface area contributed by atoms with Crippen molar-refractivity contribution in [3.8, 4) is 5.75 Å². The van der Waals surface area contributed by atoms with Crippen molar-refractivity contribution in [2.45, 2.75) is 44.6 Å². The molecule has 1 aliphatic rings. The van der Waals surface area contributed by atoms with Crippen LogP contribution in [0, 0.1) is 0 Å². The van der Waals surface area contributed by atoms with Gasteiger partial charge in [0, 0.05) is 19.8 Å². The molecule has 0 aliphatic heterocycles. The SMILES string of the molecule is COCCCCCNC1CCCc2cc(O)ccc21. The van der Waals surface area contributed by atoms with Gasteiger partial charge in [0.25, 0.3) is 0 Å². The zero-order valence-electron chi connectivity index (χ0n) is 11.8. The smallest absolute Gasteiger partial charge is 0.115 e. The van der Waals surface area contributed by atoms with E-state index in [-0.39, 0.29) is 0 Å². The topological polar surface area (TPSA) is 41.5 Å². The van der Waals surface area contributed by atoms with Gasteiger partial charge in [0.05, 0.1) is 0 Å². The van der Waals surface area contributed by atoms with Crippen molar-refractivity contribution < 1.29 is 9.84 Å². The largest absolute Gasteiger partial charge is 0.508 e. The molecule has 106 valence electrons. The Bertz CT molecular complexity index is 392. The number of unbranched alkanes of at least 4 members (excludes halogenated alkanes) is 2. The number of benzene rings is 1. The molecule has 0 radical (unpaired) electrons. The summed E-state index contributed by atoms with van der Waals surface area (Å²) in [6, 6.07) is 6.26. The maximum absolute atomic E-state index is 9.54. The fourth-order valence-corrected chi connectivity index (χ4v) is 2.84. The van der Waals surface area contributed by atoms with E-state index in [1.54, 1.807) is 13.2 Å². The highest BCUT2D eigenvalue weighted by Gasteiger charge is 2.19. The third-order valence-electron chi connectivity index (χ3n) is 3.86. The van der Waals surface area contributed by atoms with Crippen LogP contribution < -0.4 is 5.32 Å². The molecule has 3 heteroatoms. The Balaban J connectivity index is 1.79. The van der Waals surface area contributed by atoms with Gasteiger partial charge in [-0.2, -0.15) is 0 Å². The van der Waals surface area contributed by atoms with Crippen molar-refractivity contribution in [1.82, 2.24) is 5.32 Å². The molecule has 1 unspecified atom stereocenters. The second-order valence-electron chi connectivity index (χ2n) is 5.34. The number of methoxy groups -OCH3 is 1. The van der Waals surface area contributed by atoms with Gasteiger partial charge >= 0.3 is 0 Å². The summed E-state index contributed by atoms with van der Waals surface area (Å²) < 4.78 is 5.05. The first-order valence-electron chi connectivity index (χ1n) is 7.35. The average Bonchev–Trinajstić information content (AvgIpc) is 2.42. The molecule has 1 aromatic rings. The zero-order chi connectivity index (χ0) is 13.5. The van der Waals surface area contributed by atoms with Crippen LogP contribution in [0.25, 0.3) is 0 Å². The Hall–Kier alpha value is -1.06. The number of nitrogens with one attached hydrogen (secondary N) is 1. The Morgan fingerprint density at radius 3 is 3.05 bits per heavy atom. The fourth-order valence-electron chi connectivity index (χ4n) is 2.84. The maximum Gasteiger partial charge on any atom is 0.115 e. The zero-order valence-corrected chi connectivity index (χ0v) is 11.8. The van der Waals surface area contributed by atoms with E-state index in [4.69, 9.17) is 4.74 Å². The Labute approximate surface area is 116 Å². The van der Waals surface area contributed by atoms with Crippen LogP contribution in [0.15, 0.2) is 18.2 Å². The Morgan fingerprint density at radius 2 is 2.21 bits per heavy atom. The normalized spacial score (nSPS) is 18.3. The number of ether oxygens (including phenoxy) is 1. The van der Waals surface area contributed by atoms with E-state index in [0.29, 0.717) is 11.8 Å². The molecule has 0 saturated heterocycles. The number of aryl methyl sites for hydroxylation is 1. The molecule has 2 N–H and O–H groups in total. The second kappa shape index (κ2) is 7.51. The monoisotopic (exact) mass is 263 g/mol. The van der Waals surface area contributed by atoms with E-state index >= 15 is 0 Å². The number of aromatic hydroxyl groups is 1. The summed E-state index contributed by atoms with van der Waals surface area (Å²) in [7, 11) is 1.76. The van der Waals surface area contributed by atoms with E-state index in [0.717, 1.165) is 26.0 Å². The Kier molecular flexibility index (Phi) is 5.67. The van der Waals surface area contributed by atoms with E-state index < -0.39 is 0 Å². The van der Waals surface area contributed by atoms with Gasteiger partial charge in [0.15, 0.2) is 0 Å². The first kappa shape index (κ1) is 14.4. The van der Waals surface area contributed by atoms with E-state index in [1.807, 2.05) is 6.07 Å². The van der Waals surface area contributed by atoms with Gasteiger partial charge in [0.1, 0.15) is 5.75 Å². The highest BCUT2D eigenvalue weighted by molar-refractivity contribution is 5.38. The van der Waals surface area contributed by atoms with Crippen molar-refractivity contribution in [2.75, 3.05) is 20.3 Å². The van der Waals surface area contributed by atoms with Crippen LogP contribution in [0.3, 0.4) is 0 Å². The summed E-state index contributed by atoms with van der Waals surface area (Å²) in [5.74, 6) is 0.388. The van der Waals surface area contributed by atoms with Gasteiger partial charge in [-0.25, -0.2) is 0 Å². The number of phenolic OH excluding ortho intramolecular Hbond substituents is 1. The molecule has 1 aliphatic carbocycles. The lowest BCUT2D eigenvalue weighted by Crippen LogP contribution is -2.26. The molecule has 3 nitrogen and oxygen atoms in total. The summed E-state index contributed by atoms with van der Waals surface area (Å²) in [4.78, 5) is 0. The first-order valence-corrected chi connectivity index (χ1v) is 7.35. The third kappa shape index (κ3) is 4.22. The van der Waals surface area contributed by atoms with Gasteiger partial charge < -0.3 is 15.2 Å². The lowest BCUT2D eigenvalue weighted by atomic mass is 9.87. The molecule has 2 rings (SSSR count). The predicted molar refractivity (Wildman–Crippen MR) is 77.5 cm³/mol. The molecule has 0 bridgehead atoms. The number of fused-ring (bicyclic) bond motifs is 1. The second-order valence-corrected chi connectivity index (χ2v) is 5.34. The highest BCUT2D eigenvalue weighted by Crippen LogP contribution is 2.31. The van der Waals surface area contributed by atoms with Gasteiger partial charge in [-0.3, -0.25) is 0 Å². The van der Waals surface area contributed by atoms with Gasteiger partial charge in [-0.05, 0) is 68.3 Å². The number of hydrogen-bond acceptors (Lipinski definition) is 3. The molecular weight excluding hydrogens is 238 g/mol. The number of rotatable bonds is 7. The van der Waals surface area contributed by atoms with Crippen molar-refractivity contribution >= 4 is 0 Å². The van der Waals surface area contributed by atoms with Crippen LogP contribution in [-0.4, -0.2) is 25.4 Å². The summed E-state index contributed by atoms with van der Waals surface area (Å²) in [6.07, 6.45) is 7.07. The van der Waals surface area contributed by atoms with Crippen molar-refractivity contribution in [3.63, 3.8) is 0 Å². The minimum absolute atomic E-state index is 0.388. The quantitative estimate of drug-likeness (QED) is 0.742. The van der Waals surface area contributed by atoms with E-state index in [9.17, 15) is 5.11 Å². The maximum atomic E-state index is 9.54. The summed E-state index contributed by atoms with van der Waals surface area (Å²) in [5.41, 5.74) is 2.68. The lowest BCUT2D eigenvalue weighted by molar-refractivity contribution is 0.192. The molecule has 0 aromatic heterocycles. The van der Waals surface area contributed by atoms with Crippen molar-refractivity contribution in [3.05, 3.63) is 29.3 Å². The lowest BCUT2D eigenvalue weighted by Gasteiger charge is -2.26. The first-order chi connectivity index (χ1) is 9.31. The van der Waals surface area contributed by atoms with Crippen LogP contribution in [0.2, 0.25) is 0 Å². The molecule has 0 spiro atoms. The molecule has 19 heavy (non-hydrogen) atoms. The van der Waals surface area contributed by atoms with Crippen LogP contribution in [0.1, 0.15) is 49.3 Å². The van der Waals surface area contributed by atoms with Crippen LogP contribution in [0.5, 0.6) is 5.75 Å². The van der Waals surface area contributed by atoms with Crippen molar-refractivity contribution in [1.29, 1.82) is 0 Å².